The number of sulfonamides is 1. The van der Waals surface area contributed by atoms with E-state index in [4.69, 9.17) is 14.2 Å². The van der Waals surface area contributed by atoms with Gasteiger partial charge in [0, 0.05) is 5.56 Å². The summed E-state index contributed by atoms with van der Waals surface area (Å²) in [6, 6.07) is 27.2. The van der Waals surface area contributed by atoms with Gasteiger partial charge in [0.15, 0.2) is 11.5 Å². The fourth-order valence-electron chi connectivity index (χ4n) is 4.23. The summed E-state index contributed by atoms with van der Waals surface area (Å²) in [5.41, 5.74) is 4.26. The highest BCUT2D eigenvalue weighted by molar-refractivity contribution is 7.92. The van der Waals surface area contributed by atoms with Crippen LogP contribution in [0.1, 0.15) is 21.5 Å². The van der Waals surface area contributed by atoms with Crippen molar-refractivity contribution < 1.29 is 27.4 Å². The molecule has 10 heteroatoms. The van der Waals surface area contributed by atoms with Gasteiger partial charge in [-0.25, -0.2) is 13.8 Å². The van der Waals surface area contributed by atoms with E-state index in [0.717, 1.165) is 5.56 Å². The first kappa shape index (κ1) is 26.8. The molecule has 1 heterocycles. The zero-order valence-electron chi connectivity index (χ0n) is 21.7. The summed E-state index contributed by atoms with van der Waals surface area (Å²) < 4.78 is 45.6. The van der Waals surface area contributed by atoms with Gasteiger partial charge in [0.25, 0.3) is 15.9 Å². The molecule has 1 aliphatic heterocycles. The Morgan fingerprint density at radius 3 is 2.42 bits per heavy atom. The van der Waals surface area contributed by atoms with Gasteiger partial charge < -0.3 is 14.2 Å². The van der Waals surface area contributed by atoms with Crippen LogP contribution < -0.4 is 23.9 Å². The van der Waals surface area contributed by atoms with Gasteiger partial charge in [-0.3, -0.25) is 9.10 Å². The molecule has 1 N–H and O–H groups in total. The first-order valence-corrected chi connectivity index (χ1v) is 13.9. The highest BCUT2D eigenvalue weighted by Crippen LogP contribution is 2.33. The second kappa shape index (κ2) is 11.9. The monoisotopic (exact) mass is 557 g/mol. The van der Waals surface area contributed by atoms with Gasteiger partial charge in [-0.1, -0.05) is 48.5 Å². The Morgan fingerprint density at radius 2 is 1.65 bits per heavy atom. The molecule has 40 heavy (non-hydrogen) atoms. The third-order valence-corrected chi connectivity index (χ3v) is 7.97. The lowest BCUT2D eigenvalue weighted by Crippen LogP contribution is -2.33. The van der Waals surface area contributed by atoms with Crippen LogP contribution in [0.15, 0.2) is 107 Å². The van der Waals surface area contributed by atoms with Crippen LogP contribution in [-0.2, 0) is 16.6 Å². The van der Waals surface area contributed by atoms with E-state index in [1.54, 1.807) is 54.6 Å². The topological polar surface area (TPSA) is 107 Å². The molecule has 0 atom stereocenters. The third kappa shape index (κ3) is 5.76. The van der Waals surface area contributed by atoms with Crippen molar-refractivity contribution in [3.63, 3.8) is 0 Å². The minimum Gasteiger partial charge on any atom is -0.497 e. The van der Waals surface area contributed by atoms with Crippen LogP contribution in [-0.4, -0.2) is 40.9 Å². The Hall–Kier alpha value is -4.83. The molecule has 9 nitrogen and oxygen atoms in total. The molecule has 0 aliphatic carbocycles. The number of ether oxygens (including phenoxy) is 3. The van der Waals surface area contributed by atoms with Crippen LogP contribution in [0, 0.1) is 0 Å². The quantitative estimate of drug-likeness (QED) is 0.238. The molecule has 0 aromatic heterocycles. The van der Waals surface area contributed by atoms with E-state index >= 15 is 0 Å². The molecule has 0 bridgehead atoms. The van der Waals surface area contributed by atoms with Crippen molar-refractivity contribution in [3.8, 4) is 17.2 Å². The molecule has 4 aromatic carbocycles. The molecule has 204 valence electrons. The second-order valence-corrected chi connectivity index (χ2v) is 10.6. The minimum atomic E-state index is -4.08. The molecular weight excluding hydrogens is 530 g/mol. The Morgan fingerprint density at radius 1 is 0.925 bits per heavy atom. The largest absolute Gasteiger partial charge is 0.497 e. The predicted octanol–water partition coefficient (Wildman–Crippen LogP) is 4.63. The Balaban J connectivity index is 1.47. The van der Waals surface area contributed by atoms with Gasteiger partial charge in [0.05, 0.1) is 36.0 Å². The van der Waals surface area contributed by atoms with Crippen LogP contribution in [0.2, 0.25) is 0 Å². The molecule has 1 aliphatic rings. The fourth-order valence-corrected chi connectivity index (χ4v) is 5.70. The zero-order valence-corrected chi connectivity index (χ0v) is 22.5. The van der Waals surface area contributed by atoms with Crippen LogP contribution in [0.5, 0.6) is 17.2 Å². The molecule has 0 unspecified atom stereocenters. The van der Waals surface area contributed by atoms with E-state index in [9.17, 15) is 13.2 Å². The van der Waals surface area contributed by atoms with Crippen LogP contribution in [0.4, 0.5) is 5.69 Å². The van der Waals surface area contributed by atoms with E-state index in [1.807, 2.05) is 30.3 Å². The number of fused-ring (bicyclic) bond motifs is 1. The lowest BCUT2D eigenvalue weighted by atomic mass is 10.1. The number of nitrogens with zero attached hydrogens (tertiary/aromatic N) is 2. The smallest absolute Gasteiger partial charge is 0.273 e. The Labute approximate surface area is 232 Å². The van der Waals surface area contributed by atoms with Crippen molar-refractivity contribution >= 4 is 27.8 Å². The molecule has 1 amide bonds. The van der Waals surface area contributed by atoms with Crippen LogP contribution in [0.3, 0.4) is 0 Å². The van der Waals surface area contributed by atoms with Gasteiger partial charge >= 0.3 is 0 Å². The predicted molar refractivity (Wildman–Crippen MR) is 152 cm³/mol. The van der Waals surface area contributed by atoms with Gasteiger partial charge in [-0.05, 0) is 54.1 Å². The molecule has 5 rings (SSSR count). The molecule has 0 radical (unpaired) electrons. The maximum atomic E-state index is 13.9. The number of carbonyl (C=O) groups is 1. The number of carbonyl (C=O) groups excluding carboxylic acids is 1. The number of hydrazone groups is 1. The van der Waals surface area contributed by atoms with E-state index in [2.05, 4.69) is 10.5 Å². The molecule has 0 spiro atoms. The van der Waals surface area contributed by atoms with E-state index < -0.39 is 15.9 Å². The first-order chi connectivity index (χ1) is 19.5. The number of methoxy groups -OCH3 is 1. The van der Waals surface area contributed by atoms with Gasteiger partial charge in [0.2, 0.25) is 0 Å². The molecular formula is C30H27N3O6S. The highest BCUT2D eigenvalue weighted by atomic mass is 32.2. The number of rotatable bonds is 9. The Bertz CT molecular complexity index is 1620. The summed E-state index contributed by atoms with van der Waals surface area (Å²) >= 11 is 0. The van der Waals surface area contributed by atoms with Crippen LogP contribution in [0.25, 0.3) is 0 Å². The number of hydrogen-bond donors (Lipinski definition) is 1. The molecule has 0 saturated heterocycles. The number of amides is 1. The fraction of sp³-hybridized carbons (Fsp3) is 0.133. The van der Waals surface area contributed by atoms with Crippen molar-refractivity contribution in [1.29, 1.82) is 0 Å². The van der Waals surface area contributed by atoms with Crippen molar-refractivity contribution in [2.45, 2.75) is 11.4 Å². The zero-order chi connectivity index (χ0) is 28.0. The highest BCUT2D eigenvalue weighted by Gasteiger charge is 2.28. The number of anilines is 1. The average Bonchev–Trinajstić information content (AvgIpc) is 3.00. The third-order valence-electron chi connectivity index (χ3n) is 6.20. The van der Waals surface area contributed by atoms with Gasteiger partial charge in [0.1, 0.15) is 19.0 Å². The number of nitrogens with one attached hydrogen (secondary N) is 1. The lowest BCUT2D eigenvalue weighted by Gasteiger charge is -2.26. The maximum Gasteiger partial charge on any atom is 0.273 e. The SMILES string of the molecule is COc1ccc(S(=O)(=O)N(Cc2ccccc2)c2ccccc2C(=O)N/N=C/c2cccc3c2OCCO3)cc1. The van der Waals surface area contributed by atoms with Crippen molar-refractivity contribution in [1.82, 2.24) is 5.43 Å². The van der Waals surface area contributed by atoms with Crippen LogP contribution >= 0.6 is 0 Å². The minimum absolute atomic E-state index is 0.0102. The van der Waals surface area contributed by atoms with E-state index in [1.165, 1.54) is 29.8 Å². The van der Waals surface area contributed by atoms with Crippen molar-refractivity contribution in [3.05, 3.63) is 114 Å². The Kier molecular flexibility index (Phi) is 7.97. The molecule has 0 fully saturated rings. The lowest BCUT2D eigenvalue weighted by molar-refractivity contribution is 0.0955. The molecule has 4 aromatic rings. The maximum absolute atomic E-state index is 13.9. The van der Waals surface area contributed by atoms with Crippen molar-refractivity contribution in [2.24, 2.45) is 5.10 Å². The van der Waals surface area contributed by atoms with E-state index in [0.29, 0.717) is 36.0 Å². The van der Waals surface area contributed by atoms with Gasteiger partial charge in [-0.15, -0.1) is 0 Å². The first-order valence-electron chi connectivity index (χ1n) is 12.5. The number of hydrogen-bond acceptors (Lipinski definition) is 7. The summed E-state index contributed by atoms with van der Waals surface area (Å²) in [4.78, 5) is 13.4. The number of benzene rings is 4. The summed E-state index contributed by atoms with van der Waals surface area (Å²) in [5, 5.41) is 4.11. The summed E-state index contributed by atoms with van der Waals surface area (Å²) in [5.74, 6) is 1.11. The van der Waals surface area contributed by atoms with Gasteiger partial charge in [-0.2, -0.15) is 5.10 Å². The standard InChI is InChI=1S/C30H27N3O6S/c1-37-24-14-16-25(17-15-24)40(35,36)33(21-22-8-3-2-4-9-22)27-12-6-5-11-26(27)30(34)32-31-20-23-10-7-13-28-29(23)39-19-18-38-28/h2-17,20H,18-19,21H2,1H3,(H,32,34)/b31-20+. The summed E-state index contributed by atoms with van der Waals surface area (Å²) in [7, 11) is -2.57. The summed E-state index contributed by atoms with van der Waals surface area (Å²) in [6.45, 7) is 0.883. The second-order valence-electron chi connectivity index (χ2n) is 8.76. The van der Waals surface area contributed by atoms with Crippen molar-refractivity contribution in [2.75, 3.05) is 24.6 Å². The normalized spacial score (nSPS) is 12.6. The average molecular weight is 558 g/mol. The van der Waals surface area contributed by atoms with E-state index in [-0.39, 0.29) is 22.7 Å². The summed E-state index contributed by atoms with van der Waals surface area (Å²) in [6.07, 6.45) is 1.46. The molecule has 0 saturated carbocycles. The number of para-hydroxylation sites is 2.